The fourth-order valence-electron chi connectivity index (χ4n) is 8.41. The number of hydrogen-bond acceptors (Lipinski definition) is 6. The maximum atomic E-state index is 15.8. The molecule has 0 radical (unpaired) electrons. The molecular weight excluding hydrogens is 973 g/mol. The average Bonchev–Trinajstić information content (AvgIpc) is 4.07. The van der Waals surface area contributed by atoms with E-state index in [-0.39, 0.29) is 17.1 Å². The number of fused-ring (bicyclic) bond motifs is 1. The van der Waals surface area contributed by atoms with Gasteiger partial charge in [0.15, 0.2) is 11.6 Å². The van der Waals surface area contributed by atoms with E-state index in [1.165, 1.54) is 94.6 Å². The number of carbonyl (C=O) groups excluding carboxylic acids is 1. The molecule has 0 amide bonds. The Morgan fingerprint density at radius 3 is 2.42 bits per heavy atom. The van der Waals surface area contributed by atoms with Gasteiger partial charge in [0.25, 0.3) is 0 Å². The summed E-state index contributed by atoms with van der Waals surface area (Å²) in [6.45, 7) is 9.14. The number of nitrogens with zero attached hydrogens (tertiary/aromatic N) is 2. The van der Waals surface area contributed by atoms with Gasteiger partial charge in [-0.2, -0.15) is 0 Å². The third kappa shape index (κ3) is 11.9. The van der Waals surface area contributed by atoms with Gasteiger partial charge in [0.2, 0.25) is 0 Å². The number of nitrogens with one attached hydrogen (secondary N) is 2. The molecule has 1 unspecified atom stereocenters. The first kappa shape index (κ1) is 47.4. The third-order valence-electron chi connectivity index (χ3n) is 12.0. The van der Waals surface area contributed by atoms with Crippen molar-refractivity contribution < 1.29 is 23.0 Å². The molecule has 3 aromatic carbocycles. The number of rotatable bonds is 23. The second-order valence-corrected chi connectivity index (χ2v) is 31.3. The second kappa shape index (κ2) is 22.5. The van der Waals surface area contributed by atoms with Gasteiger partial charge in [-0.1, -0.05) is 0 Å². The van der Waals surface area contributed by atoms with Crippen LogP contribution in [0.25, 0.3) is 28.4 Å². The number of ether oxygens (including phenoxy) is 2. The summed E-state index contributed by atoms with van der Waals surface area (Å²) in [6, 6.07) is 15.8. The number of H-pyrrole nitrogens is 2. The molecule has 328 valence electrons. The summed E-state index contributed by atoms with van der Waals surface area (Å²) in [5, 5.41) is 3.50. The van der Waals surface area contributed by atoms with Crippen LogP contribution in [0, 0.1) is 11.6 Å². The monoisotopic (exact) mass is 1030 g/mol. The van der Waals surface area contributed by atoms with Crippen molar-refractivity contribution in [3.63, 3.8) is 0 Å². The number of imidazole rings is 1. The molecule has 6 rings (SSSR count). The average molecular weight is 1030 g/mol. The molecule has 0 aliphatic heterocycles. The molecule has 0 aliphatic rings. The van der Waals surface area contributed by atoms with Gasteiger partial charge in [-0.05, 0) is 28.1 Å². The van der Waals surface area contributed by atoms with Crippen LogP contribution >= 0.6 is 27.3 Å². The Hall–Kier alpha value is -4.07. The molecule has 12 heteroatoms. The Balaban J connectivity index is 1.31. The van der Waals surface area contributed by atoms with Crippen molar-refractivity contribution in [3.8, 4) is 22.9 Å². The zero-order valence-corrected chi connectivity index (χ0v) is 41.8. The Labute approximate surface area is 381 Å². The van der Waals surface area contributed by atoms with E-state index in [1.54, 1.807) is 24.5 Å². The number of allylic oxidation sites excluding steroid dienone is 1. The van der Waals surface area contributed by atoms with Gasteiger partial charge in [-0.3, -0.25) is 0 Å². The zero-order valence-electron chi connectivity index (χ0n) is 36.6. The third-order valence-corrected chi connectivity index (χ3v) is 27.8. The number of carbonyl (C=O) groups is 1. The summed E-state index contributed by atoms with van der Waals surface area (Å²) in [4.78, 5) is 27.9. The molecule has 0 saturated heterocycles. The quantitative estimate of drug-likeness (QED) is 0.0289. The number of esters is 1. The van der Waals surface area contributed by atoms with Crippen molar-refractivity contribution in [2.75, 3.05) is 7.11 Å². The van der Waals surface area contributed by atoms with Crippen molar-refractivity contribution in [3.05, 3.63) is 132 Å². The topological polar surface area (TPSA) is 92.9 Å². The van der Waals surface area contributed by atoms with E-state index in [4.69, 9.17) is 14.5 Å². The number of halogens is 3. The van der Waals surface area contributed by atoms with Crippen molar-refractivity contribution in [1.29, 1.82) is 0 Å². The van der Waals surface area contributed by atoms with Gasteiger partial charge in [-0.25, -0.2) is 14.2 Å². The van der Waals surface area contributed by atoms with E-state index in [9.17, 15) is 4.79 Å². The van der Waals surface area contributed by atoms with Crippen molar-refractivity contribution in [1.82, 2.24) is 19.9 Å². The van der Waals surface area contributed by atoms with E-state index < -0.39 is 41.4 Å². The SMILES string of the molecule is CCC[CH2][Sn]([CH]=CCCCC(C)(c1cccc(/C=C/C(=O)OC)c1)c1cnc(-c2cc(Oc3c(F)cc4[nH]ccc4c3Cc3nc(Br)cs3)ccc2F)[nH]1)([CH2]CCC)[CH2]CCC. The summed E-state index contributed by atoms with van der Waals surface area (Å²) in [5.74, 6) is -0.779. The standard InChI is InChI=1S/C38H32BrF2N4O3S.3C4H9.Sn/c1-4-5-6-15-38(2,24-9-7-8-23(17-24)10-13-35(46)47-3)32-21-43-37(44-32)28-18-25(11-12-29(28)40)48-36-27(19-34-45-33(39)22-49-34)26-14-16-42-31(26)20-30(36)41;3*1-3-4-2;/h1,4,7-14,16-18,20-22,42H,5-6,15,19H2,2-3H3,(H,43,44);3*1,3-4H2,2H3;/b4-1?,13-10+;;;;. The molecule has 0 saturated carbocycles. The van der Waals surface area contributed by atoms with E-state index in [1.807, 2.05) is 23.6 Å². The van der Waals surface area contributed by atoms with Gasteiger partial charge < -0.3 is 14.5 Å². The molecule has 6 aromatic rings. The molecule has 3 heterocycles. The van der Waals surface area contributed by atoms with E-state index in [2.05, 4.69) is 80.9 Å². The van der Waals surface area contributed by atoms with Crippen LogP contribution in [0.1, 0.15) is 113 Å². The molecule has 0 fully saturated rings. The summed E-state index contributed by atoms with van der Waals surface area (Å²) in [6.07, 6.45) is 20.0. The minimum absolute atomic E-state index is 0.0613. The number of methoxy groups -OCH3 is 1. The van der Waals surface area contributed by atoms with Crippen LogP contribution < -0.4 is 4.74 Å². The number of thiazole rings is 1. The van der Waals surface area contributed by atoms with E-state index in [0.717, 1.165) is 46.5 Å². The van der Waals surface area contributed by atoms with Gasteiger partial charge >= 0.3 is 248 Å². The summed E-state index contributed by atoms with van der Waals surface area (Å²) in [7, 11) is 1.36. The normalized spacial score (nSPS) is 13.1. The first-order valence-electron chi connectivity index (χ1n) is 22.0. The van der Waals surface area contributed by atoms with Crippen LogP contribution in [-0.4, -0.2) is 51.4 Å². The predicted molar refractivity (Wildman–Crippen MR) is 257 cm³/mol. The number of benzene rings is 3. The van der Waals surface area contributed by atoms with Crippen LogP contribution in [0.4, 0.5) is 8.78 Å². The molecular formula is C50H59BrF2N4O3SSn. The summed E-state index contributed by atoms with van der Waals surface area (Å²) in [5.41, 5.74) is 3.69. The maximum absolute atomic E-state index is 15.8. The van der Waals surface area contributed by atoms with Gasteiger partial charge in [-0.15, -0.1) is 11.3 Å². The Morgan fingerprint density at radius 1 is 0.968 bits per heavy atom. The Bertz CT molecular complexity index is 2450. The van der Waals surface area contributed by atoms with Crippen LogP contribution in [0.2, 0.25) is 13.3 Å². The molecule has 2 N–H and O–H groups in total. The summed E-state index contributed by atoms with van der Waals surface area (Å²) >= 11 is 2.46. The Kier molecular flexibility index (Phi) is 17.2. The van der Waals surface area contributed by atoms with Crippen LogP contribution in [-0.2, 0) is 21.4 Å². The fourth-order valence-corrected chi connectivity index (χ4v) is 24.2. The van der Waals surface area contributed by atoms with Crippen LogP contribution in [0.5, 0.6) is 11.5 Å². The first-order valence-corrected chi connectivity index (χ1v) is 31.3. The van der Waals surface area contributed by atoms with E-state index in [0.29, 0.717) is 27.9 Å². The number of unbranched alkanes of at least 4 members (excludes halogenated alkanes) is 4. The minimum atomic E-state index is -2.43. The van der Waals surface area contributed by atoms with Crippen molar-refractivity contribution in [2.45, 2.75) is 111 Å². The van der Waals surface area contributed by atoms with Gasteiger partial charge in [0.1, 0.15) is 4.60 Å². The zero-order chi connectivity index (χ0) is 44.1. The van der Waals surface area contributed by atoms with Crippen molar-refractivity contribution in [2.24, 2.45) is 0 Å². The molecule has 0 bridgehead atoms. The first-order chi connectivity index (χ1) is 30.0. The number of hydrogen-bond donors (Lipinski definition) is 2. The van der Waals surface area contributed by atoms with Gasteiger partial charge in [0, 0.05) is 40.5 Å². The molecule has 7 nitrogen and oxygen atoms in total. The van der Waals surface area contributed by atoms with E-state index >= 15 is 8.78 Å². The van der Waals surface area contributed by atoms with Crippen molar-refractivity contribution >= 4 is 68.6 Å². The molecule has 1 atom stereocenters. The number of aromatic nitrogens is 4. The fraction of sp³-hybridized carbons (Fsp3) is 0.380. The molecule has 0 spiro atoms. The van der Waals surface area contributed by atoms with Gasteiger partial charge in [0.05, 0.1) is 12.1 Å². The predicted octanol–water partition coefficient (Wildman–Crippen LogP) is 15.0. The molecule has 0 aliphatic carbocycles. The Morgan fingerprint density at radius 2 is 1.73 bits per heavy atom. The van der Waals surface area contributed by atoms with Crippen LogP contribution in [0.3, 0.4) is 0 Å². The summed E-state index contributed by atoms with van der Waals surface area (Å²) < 4.78 is 50.6. The second-order valence-electron chi connectivity index (χ2n) is 16.5. The molecule has 3 aromatic heterocycles. The number of aromatic amines is 2. The van der Waals surface area contributed by atoms with Crippen LogP contribution in [0.15, 0.2) is 93.2 Å². The molecule has 62 heavy (non-hydrogen) atoms.